The fourth-order valence-electron chi connectivity index (χ4n) is 1.65. The largest absolute Gasteiger partial charge is 0.303 e. The first-order valence-corrected chi connectivity index (χ1v) is 5.04. The Kier molecular flexibility index (Phi) is 6.35. The predicted molar refractivity (Wildman–Crippen MR) is 52.2 cm³/mol. The van der Waals surface area contributed by atoms with E-state index < -0.39 is 6.17 Å². The summed E-state index contributed by atoms with van der Waals surface area (Å²) in [6.45, 7) is 6.80. The molecule has 2 unspecified atom stereocenters. The second-order valence-corrected chi connectivity index (χ2v) is 3.29. The van der Waals surface area contributed by atoms with Crippen LogP contribution < -0.4 is 0 Å². The monoisotopic (exact) mass is 175 g/mol. The molecule has 1 saturated heterocycles. The fourth-order valence-corrected chi connectivity index (χ4v) is 1.65. The quantitative estimate of drug-likeness (QED) is 0.624. The van der Waals surface area contributed by atoms with Gasteiger partial charge in [-0.2, -0.15) is 0 Å². The number of likely N-dealkylation sites (tertiary alicyclic amines) is 1. The van der Waals surface area contributed by atoms with Crippen molar-refractivity contribution in [3.63, 3.8) is 0 Å². The van der Waals surface area contributed by atoms with Crippen LogP contribution in [0.15, 0.2) is 0 Å². The molecule has 0 N–H and O–H groups in total. The van der Waals surface area contributed by atoms with Crippen molar-refractivity contribution in [2.75, 3.05) is 13.6 Å². The minimum absolute atomic E-state index is 0.514. The highest BCUT2D eigenvalue weighted by atomic mass is 19.1. The van der Waals surface area contributed by atoms with Gasteiger partial charge in [0.05, 0.1) is 6.17 Å². The smallest absolute Gasteiger partial charge is 0.0988 e. The molecular weight excluding hydrogens is 153 g/mol. The van der Waals surface area contributed by atoms with Crippen LogP contribution in [0.3, 0.4) is 0 Å². The zero-order chi connectivity index (χ0) is 9.56. The molecule has 1 heterocycles. The van der Waals surface area contributed by atoms with Crippen LogP contribution in [0.5, 0.6) is 0 Å². The Morgan fingerprint density at radius 3 is 2.42 bits per heavy atom. The van der Waals surface area contributed by atoms with Crippen LogP contribution in [0.2, 0.25) is 0 Å². The number of halogens is 1. The van der Waals surface area contributed by atoms with Gasteiger partial charge in [-0.05, 0) is 39.8 Å². The Labute approximate surface area is 75.9 Å². The van der Waals surface area contributed by atoms with Gasteiger partial charge in [0.15, 0.2) is 0 Å². The summed E-state index contributed by atoms with van der Waals surface area (Å²) in [5.74, 6) is 0. The number of nitrogens with zero attached hydrogens (tertiary/aromatic N) is 1. The van der Waals surface area contributed by atoms with Crippen molar-refractivity contribution in [1.29, 1.82) is 0 Å². The van der Waals surface area contributed by atoms with Gasteiger partial charge in [0.25, 0.3) is 0 Å². The first kappa shape index (κ1) is 11.9. The molecule has 0 aromatic carbocycles. The molecule has 0 spiro atoms. The molecule has 0 radical (unpaired) electrons. The number of hydrogen-bond acceptors (Lipinski definition) is 1. The van der Waals surface area contributed by atoms with Gasteiger partial charge in [-0.15, -0.1) is 0 Å². The normalized spacial score (nSPS) is 26.2. The highest BCUT2D eigenvalue weighted by molar-refractivity contribution is 4.77. The summed E-state index contributed by atoms with van der Waals surface area (Å²) < 4.78 is 12.5. The van der Waals surface area contributed by atoms with Crippen LogP contribution in [0.4, 0.5) is 4.39 Å². The molecule has 1 rings (SSSR count). The molecule has 0 bridgehead atoms. The van der Waals surface area contributed by atoms with E-state index in [2.05, 4.69) is 11.9 Å². The van der Waals surface area contributed by atoms with Gasteiger partial charge in [0.1, 0.15) is 0 Å². The summed E-state index contributed by atoms with van der Waals surface area (Å²) in [7, 11) is 2.08. The third-order valence-corrected chi connectivity index (χ3v) is 2.27. The standard InChI is InChI=1S/C8H16FN.C2H6/c1-7(9)6-8-4-3-5-10(8)2;1-2/h7-8H,3-6H2,1-2H3;1-2H3. The summed E-state index contributed by atoms with van der Waals surface area (Å²) in [6, 6.07) is 0.514. The van der Waals surface area contributed by atoms with E-state index in [4.69, 9.17) is 0 Å². The molecule has 0 saturated carbocycles. The third-order valence-electron chi connectivity index (χ3n) is 2.27. The predicted octanol–water partition coefficient (Wildman–Crippen LogP) is 2.85. The SMILES string of the molecule is CC.CC(F)CC1CCCN1C. The highest BCUT2D eigenvalue weighted by Gasteiger charge is 2.22. The molecular formula is C10H22FN. The van der Waals surface area contributed by atoms with E-state index in [-0.39, 0.29) is 0 Å². The zero-order valence-corrected chi connectivity index (χ0v) is 8.81. The molecule has 1 aliphatic heterocycles. The fraction of sp³-hybridized carbons (Fsp3) is 1.00. The average molecular weight is 175 g/mol. The van der Waals surface area contributed by atoms with Gasteiger partial charge >= 0.3 is 0 Å². The first-order chi connectivity index (χ1) is 5.70. The van der Waals surface area contributed by atoms with E-state index >= 15 is 0 Å². The Hall–Kier alpha value is -0.110. The molecule has 1 nitrogen and oxygen atoms in total. The summed E-state index contributed by atoms with van der Waals surface area (Å²) in [4.78, 5) is 2.26. The van der Waals surface area contributed by atoms with Gasteiger partial charge in [-0.1, -0.05) is 13.8 Å². The second-order valence-electron chi connectivity index (χ2n) is 3.29. The minimum atomic E-state index is -0.634. The Morgan fingerprint density at radius 1 is 1.50 bits per heavy atom. The summed E-state index contributed by atoms with van der Waals surface area (Å²) in [5.41, 5.74) is 0. The maximum absolute atomic E-state index is 12.5. The van der Waals surface area contributed by atoms with Crippen molar-refractivity contribution in [3.8, 4) is 0 Å². The van der Waals surface area contributed by atoms with E-state index in [0.29, 0.717) is 6.04 Å². The van der Waals surface area contributed by atoms with Crippen LogP contribution in [-0.4, -0.2) is 30.7 Å². The van der Waals surface area contributed by atoms with Crippen molar-refractivity contribution in [3.05, 3.63) is 0 Å². The van der Waals surface area contributed by atoms with Gasteiger partial charge in [-0.25, -0.2) is 4.39 Å². The molecule has 2 heteroatoms. The average Bonchev–Trinajstić information content (AvgIpc) is 2.40. The van der Waals surface area contributed by atoms with Crippen molar-refractivity contribution < 1.29 is 4.39 Å². The van der Waals surface area contributed by atoms with E-state index in [1.54, 1.807) is 6.92 Å². The highest BCUT2D eigenvalue weighted by Crippen LogP contribution is 2.19. The second kappa shape index (κ2) is 6.41. The third kappa shape index (κ3) is 4.05. The number of alkyl halides is 1. The van der Waals surface area contributed by atoms with Crippen LogP contribution in [0, 0.1) is 0 Å². The van der Waals surface area contributed by atoms with Crippen molar-refractivity contribution >= 4 is 0 Å². The molecule has 2 atom stereocenters. The van der Waals surface area contributed by atoms with Gasteiger partial charge in [0.2, 0.25) is 0 Å². The van der Waals surface area contributed by atoms with E-state index in [1.165, 1.54) is 12.8 Å². The number of rotatable bonds is 2. The van der Waals surface area contributed by atoms with Gasteiger partial charge < -0.3 is 4.90 Å². The molecule has 1 aliphatic rings. The summed E-state index contributed by atoms with van der Waals surface area (Å²) in [6.07, 6.45) is 2.51. The lowest BCUT2D eigenvalue weighted by atomic mass is 10.1. The lowest BCUT2D eigenvalue weighted by Crippen LogP contribution is -2.26. The lowest BCUT2D eigenvalue weighted by molar-refractivity contribution is 0.230. The van der Waals surface area contributed by atoms with Crippen LogP contribution >= 0.6 is 0 Å². The van der Waals surface area contributed by atoms with Crippen LogP contribution in [-0.2, 0) is 0 Å². The summed E-state index contributed by atoms with van der Waals surface area (Å²) in [5, 5.41) is 0. The molecule has 0 aliphatic carbocycles. The van der Waals surface area contributed by atoms with E-state index in [9.17, 15) is 4.39 Å². The minimum Gasteiger partial charge on any atom is -0.303 e. The molecule has 0 aromatic heterocycles. The van der Waals surface area contributed by atoms with Crippen LogP contribution in [0.25, 0.3) is 0 Å². The maximum atomic E-state index is 12.5. The summed E-state index contributed by atoms with van der Waals surface area (Å²) >= 11 is 0. The van der Waals surface area contributed by atoms with E-state index in [1.807, 2.05) is 13.8 Å². The molecule has 1 fully saturated rings. The molecule has 0 amide bonds. The number of hydrogen-bond donors (Lipinski definition) is 0. The first-order valence-electron chi connectivity index (χ1n) is 5.04. The van der Waals surface area contributed by atoms with Crippen LogP contribution in [0.1, 0.15) is 40.0 Å². The molecule has 0 aromatic rings. The van der Waals surface area contributed by atoms with Crippen molar-refractivity contribution in [2.45, 2.75) is 52.2 Å². The zero-order valence-electron chi connectivity index (χ0n) is 8.81. The lowest BCUT2D eigenvalue weighted by Gasteiger charge is -2.19. The van der Waals surface area contributed by atoms with Gasteiger partial charge in [-0.3, -0.25) is 0 Å². The van der Waals surface area contributed by atoms with Crippen molar-refractivity contribution in [1.82, 2.24) is 4.90 Å². The van der Waals surface area contributed by atoms with E-state index in [0.717, 1.165) is 13.0 Å². The Morgan fingerprint density at radius 2 is 2.08 bits per heavy atom. The molecule has 12 heavy (non-hydrogen) atoms. The van der Waals surface area contributed by atoms with Gasteiger partial charge in [0, 0.05) is 6.04 Å². The Balaban J connectivity index is 0.000000561. The Bertz CT molecular complexity index is 104. The topological polar surface area (TPSA) is 3.24 Å². The molecule has 74 valence electrons. The maximum Gasteiger partial charge on any atom is 0.0988 e. The van der Waals surface area contributed by atoms with Crippen molar-refractivity contribution in [2.24, 2.45) is 0 Å².